The van der Waals surface area contributed by atoms with Gasteiger partial charge in [-0.2, -0.15) is 0 Å². The van der Waals surface area contributed by atoms with Gasteiger partial charge in [0.05, 0.1) is 22.9 Å². The van der Waals surface area contributed by atoms with Crippen molar-refractivity contribution in [2.45, 2.75) is 39.7 Å². The number of carbonyl (C=O) groups is 2. The molecule has 0 radical (unpaired) electrons. The van der Waals surface area contributed by atoms with Crippen molar-refractivity contribution in [2.75, 3.05) is 11.9 Å². The number of anilines is 1. The second-order valence-electron chi connectivity index (χ2n) is 7.93. The summed E-state index contributed by atoms with van der Waals surface area (Å²) in [4.78, 5) is 30.4. The fourth-order valence-corrected chi connectivity index (χ4v) is 4.54. The number of rotatable bonds is 6. The standard InChI is InChI=1S/C23H25N3O3S/c1-14(2)13-29-17-8-6-16(7-9-17)21-15(3)24-23(30-21)25-22(28)19-10-11-20(27)18-5-4-12-26(18)19/h4-9,12,14,19H,10-11,13H2,1-3H3,(H,24,25,28). The van der Waals surface area contributed by atoms with E-state index in [1.165, 1.54) is 11.3 Å². The van der Waals surface area contributed by atoms with E-state index < -0.39 is 6.04 Å². The summed E-state index contributed by atoms with van der Waals surface area (Å²) in [5, 5.41) is 3.51. The number of carbonyl (C=O) groups excluding carboxylic acids is 2. The van der Waals surface area contributed by atoms with Crippen LogP contribution in [0, 0.1) is 12.8 Å². The van der Waals surface area contributed by atoms with Crippen molar-refractivity contribution in [1.29, 1.82) is 0 Å². The number of nitrogens with zero attached hydrogens (tertiary/aromatic N) is 2. The third-order valence-corrected chi connectivity index (χ3v) is 6.20. The molecule has 156 valence electrons. The molecule has 4 rings (SSSR count). The molecule has 1 aromatic carbocycles. The number of ether oxygens (including phenoxy) is 1. The van der Waals surface area contributed by atoms with E-state index in [0.29, 0.717) is 36.2 Å². The van der Waals surface area contributed by atoms with Gasteiger partial charge in [0.1, 0.15) is 11.8 Å². The molecule has 0 aliphatic carbocycles. The molecule has 3 heterocycles. The number of amides is 1. The topological polar surface area (TPSA) is 73.2 Å². The quantitative estimate of drug-likeness (QED) is 0.598. The van der Waals surface area contributed by atoms with Crippen LogP contribution in [-0.4, -0.2) is 27.8 Å². The Kier molecular flexibility index (Phi) is 5.72. The fourth-order valence-electron chi connectivity index (χ4n) is 3.57. The van der Waals surface area contributed by atoms with Crippen LogP contribution in [0.25, 0.3) is 10.4 Å². The number of ketones is 1. The second kappa shape index (κ2) is 8.44. The first-order valence-corrected chi connectivity index (χ1v) is 11.0. The first-order chi connectivity index (χ1) is 14.4. The molecule has 0 saturated heterocycles. The average molecular weight is 424 g/mol. The maximum Gasteiger partial charge on any atom is 0.249 e. The van der Waals surface area contributed by atoms with Gasteiger partial charge in [0, 0.05) is 12.6 Å². The lowest BCUT2D eigenvalue weighted by Crippen LogP contribution is -2.31. The van der Waals surface area contributed by atoms with Gasteiger partial charge in [-0.1, -0.05) is 25.2 Å². The van der Waals surface area contributed by atoms with Crippen LogP contribution in [0.3, 0.4) is 0 Å². The van der Waals surface area contributed by atoms with E-state index in [0.717, 1.165) is 21.9 Å². The SMILES string of the molecule is Cc1nc(NC(=O)C2CCC(=O)c3cccn32)sc1-c1ccc(OCC(C)C)cc1. The molecule has 1 N–H and O–H groups in total. The third kappa shape index (κ3) is 4.16. The first kappa shape index (κ1) is 20.3. The van der Waals surface area contributed by atoms with Crippen molar-refractivity contribution in [3.8, 4) is 16.2 Å². The molecule has 1 aliphatic heterocycles. The van der Waals surface area contributed by atoms with Crippen molar-refractivity contribution in [3.63, 3.8) is 0 Å². The van der Waals surface area contributed by atoms with E-state index in [1.807, 2.05) is 31.2 Å². The van der Waals surface area contributed by atoms with Crippen LogP contribution in [0.2, 0.25) is 0 Å². The summed E-state index contributed by atoms with van der Waals surface area (Å²) in [6.45, 7) is 6.86. The molecule has 2 aromatic heterocycles. The van der Waals surface area contributed by atoms with Crippen LogP contribution in [0.5, 0.6) is 5.75 Å². The number of aryl methyl sites for hydroxylation is 1. The predicted octanol–water partition coefficient (Wildman–Crippen LogP) is 5.11. The highest BCUT2D eigenvalue weighted by Crippen LogP contribution is 2.34. The number of hydrogen-bond donors (Lipinski definition) is 1. The van der Waals surface area contributed by atoms with Crippen molar-refractivity contribution >= 4 is 28.2 Å². The van der Waals surface area contributed by atoms with Gasteiger partial charge in [-0.25, -0.2) is 4.98 Å². The molecule has 1 aliphatic rings. The third-order valence-electron chi connectivity index (χ3n) is 5.07. The number of hydrogen-bond acceptors (Lipinski definition) is 5. The van der Waals surface area contributed by atoms with Gasteiger partial charge >= 0.3 is 0 Å². The minimum Gasteiger partial charge on any atom is -0.493 e. The molecule has 30 heavy (non-hydrogen) atoms. The Morgan fingerprint density at radius 1 is 1.30 bits per heavy atom. The summed E-state index contributed by atoms with van der Waals surface area (Å²) in [7, 11) is 0. The summed E-state index contributed by atoms with van der Waals surface area (Å²) in [5.74, 6) is 1.26. The lowest BCUT2D eigenvalue weighted by molar-refractivity contribution is -0.119. The maximum atomic E-state index is 12.9. The Hall–Kier alpha value is -2.93. The highest BCUT2D eigenvalue weighted by Gasteiger charge is 2.30. The molecule has 6 nitrogen and oxygen atoms in total. The Bertz CT molecular complexity index is 1070. The van der Waals surface area contributed by atoms with Gasteiger partial charge in [-0.3, -0.25) is 9.59 Å². The fraction of sp³-hybridized carbons (Fsp3) is 0.348. The normalized spacial score (nSPS) is 15.9. The largest absolute Gasteiger partial charge is 0.493 e. The highest BCUT2D eigenvalue weighted by atomic mass is 32.1. The lowest BCUT2D eigenvalue weighted by atomic mass is 10.0. The first-order valence-electron chi connectivity index (χ1n) is 10.1. The number of aromatic nitrogens is 2. The van der Waals surface area contributed by atoms with Gasteiger partial charge < -0.3 is 14.6 Å². The van der Waals surface area contributed by atoms with E-state index in [-0.39, 0.29) is 11.7 Å². The van der Waals surface area contributed by atoms with Crippen molar-refractivity contribution in [3.05, 3.63) is 54.0 Å². The van der Waals surface area contributed by atoms with Crippen molar-refractivity contribution in [2.24, 2.45) is 5.92 Å². The monoisotopic (exact) mass is 423 g/mol. The summed E-state index contributed by atoms with van der Waals surface area (Å²) < 4.78 is 7.51. The zero-order chi connectivity index (χ0) is 21.3. The molecule has 1 amide bonds. The van der Waals surface area contributed by atoms with Gasteiger partial charge in [-0.15, -0.1) is 0 Å². The average Bonchev–Trinajstić information content (AvgIpc) is 3.34. The highest BCUT2D eigenvalue weighted by molar-refractivity contribution is 7.19. The van der Waals surface area contributed by atoms with Crippen LogP contribution >= 0.6 is 11.3 Å². The minimum absolute atomic E-state index is 0.0808. The number of nitrogens with one attached hydrogen (secondary N) is 1. The van der Waals surface area contributed by atoms with Crippen LogP contribution in [0.4, 0.5) is 5.13 Å². The van der Waals surface area contributed by atoms with Crippen LogP contribution < -0.4 is 10.1 Å². The minimum atomic E-state index is -0.391. The molecular weight excluding hydrogens is 398 g/mol. The van der Waals surface area contributed by atoms with Gasteiger partial charge in [0.15, 0.2) is 10.9 Å². The molecular formula is C23H25N3O3S. The lowest BCUT2D eigenvalue weighted by Gasteiger charge is -2.24. The summed E-state index contributed by atoms with van der Waals surface area (Å²) >= 11 is 1.45. The number of thiazole rings is 1. The zero-order valence-electron chi connectivity index (χ0n) is 17.3. The van der Waals surface area contributed by atoms with Crippen molar-refractivity contribution < 1.29 is 14.3 Å². The molecule has 0 fully saturated rings. The zero-order valence-corrected chi connectivity index (χ0v) is 18.2. The Labute approximate surface area is 179 Å². The van der Waals surface area contributed by atoms with E-state index in [9.17, 15) is 9.59 Å². The van der Waals surface area contributed by atoms with Crippen LogP contribution in [0.15, 0.2) is 42.6 Å². The number of benzene rings is 1. The van der Waals surface area contributed by atoms with E-state index in [2.05, 4.69) is 24.1 Å². The number of Topliss-reactive ketones (excluding diaryl/α,β-unsaturated/α-hetero) is 1. The molecule has 0 bridgehead atoms. The Balaban J connectivity index is 1.48. The maximum absolute atomic E-state index is 12.9. The molecule has 1 atom stereocenters. The molecule has 0 spiro atoms. The summed E-state index contributed by atoms with van der Waals surface area (Å²) in [5.41, 5.74) is 2.50. The Morgan fingerprint density at radius 2 is 2.07 bits per heavy atom. The number of fused-ring (bicyclic) bond motifs is 1. The second-order valence-corrected chi connectivity index (χ2v) is 8.93. The van der Waals surface area contributed by atoms with Crippen LogP contribution in [-0.2, 0) is 4.79 Å². The smallest absolute Gasteiger partial charge is 0.249 e. The molecule has 0 saturated carbocycles. The summed E-state index contributed by atoms with van der Waals surface area (Å²) in [6, 6.07) is 11.1. The molecule has 7 heteroatoms. The van der Waals surface area contributed by atoms with Crippen molar-refractivity contribution in [1.82, 2.24) is 9.55 Å². The van der Waals surface area contributed by atoms with E-state index in [4.69, 9.17) is 4.74 Å². The van der Waals surface area contributed by atoms with Gasteiger partial charge in [0.2, 0.25) is 5.91 Å². The van der Waals surface area contributed by atoms with E-state index >= 15 is 0 Å². The predicted molar refractivity (Wildman–Crippen MR) is 118 cm³/mol. The Morgan fingerprint density at radius 3 is 2.80 bits per heavy atom. The summed E-state index contributed by atoms with van der Waals surface area (Å²) in [6.07, 6.45) is 2.68. The van der Waals surface area contributed by atoms with Gasteiger partial charge in [0.25, 0.3) is 0 Å². The van der Waals surface area contributed by atoms with E-state index in [1.54, 1.807) is 22.9 Å². The van der Waals surface area contributed by atoms with Gasteiger partial charge in [-0.05, 0) is 61.2 Å². The van der Waals surface area contributed by atoms with Crippen LogP contribution in [0.1, 0.15) is 48.9 Å². The molecule has 3 aromatic rings. The molecule has 1 unspecified atom stereocenters.